The van der Waals surface area contributed by atoms with Crippen molar-refractivity contribution in [2.45, 2.75) is 38.6 Å². The number of rotatable bonds is 3. The van der Waals surface area contributed by atoms with E-state index < -0.39 is 29.5 Å². The zero-order chi connectivity index (χ0) is 17.1. The Hall–Kier alpha value is -1.83. The molecule has 1 rings (SSSR count). The van der Waals surface area contributed by atoms with Gasteiger partial charge < -0.3 is 14.8 Å². The summed E-state index contributed by atoms with van der Waals surface area (Å²) in [6.45, 7) is 4.80. The van der Waals surface area contributed by atoms with Gasteiger partial charge in [-0.3, -0.25) is 0 Å². The average Bonchev–Trinajstić information content (AvgIpc) is 2.33. The van der Waals surface area contributed by atoms with Crippen LogP contribution in [0.5, 0.6) is 0 Å². The normalized spacial score (nSPS) is 13.4. The van der Waals surface area contributed by atoms with Crippen molar-refractivity contribution < 1.29 is 27.5 Å². The highest BCUT2D eigenvalue weighted by atomic mass is 35.5. The number of carbonyl (C=O) groups is 2. The molecule has 122 valence electrons. The van der Waals surface area contributed by atoms with Crippen molar-refractivity contribution in [2.24, 2.45) is 0 Å². The van der Waals surface area contributed by atoms with Crippen molar-refractivity contribution in [2.75, 3.05) is 0 Å². The van der Waals surface area contributed by atoms with Crippen LogP contribution >= 0.6 is 11.6 Å². The number of halogens is 4. The zero-order valence-electron chi connectivity index (χ0n) is 12.0. The van der Waals surface area contributed by atoms with Crippen LogP contribution in [0, 0.1) is 0 Å². The van der Waals surface area contributed by atoms with Crippen molar-refractivity contribution >= 4 is 24.0 Å². The second-order valence-corrected chi connectivity index (χ2v) is 5.72. The first kappa shape index (κ1) is 18.2. The smallest absolute Gasteiger partial charge is 0.417 e. The van der Waals surface area contributed by atoms with E-state index in [1.165, 1.54) is 0 Å². The minimum atomic E-state index is -4.65. The molecule has 1 atom stereocenters. The van der Waals surface area contributed by atoms with Crippen LogP contribution in [0.2, 0.25) is 5.15 Å². The number of pyridine rings is 1. The maximum atomic E-state index is 12.7. The molecule has 1 aromatic rings. The van der Waals surface area contributed by atoms with E-state index in [1.807, 2.05) is 0 Å². The molecule has 1 amide bonds. The van der Waals surface area contributed by atoms with Crippen LogP contribution in [-0.2, 0) is 15.7 Å². The molecule has 1 unspecified atom stereocenters. The Bertz CT molecular complexity index is 571. The summed E-state index contributed by atoms with van der Waals surface area (Å²) < 4.78 is 42.9. The monoisotopic (exact) mass is 338 g/mol. The van der Waals surface area contributed by atoms with Crippen LogP contribution in [0.4, 0.5) is 18.0 Å². The van der Waals surface area contributed by atoms with Crippen LogP contribution in [0.15, 0.2) is 12.3 Å². The van der Waals surface area contributed by atoms with Crippen LogP contribution in [0.25, 0.3) is 0 Å². The lowest BCUT2D eigenvalue weighted by Crippen LogP contribution is -2.35. The van der Waals surface area contributed by atoms with Gasteiger partial charge in [0.15, 0.2) is 0 Å². The largest absolute Gasteiger partial charge is 0.444 e. The standard InChI is InChI=1S/C13H14ClF3N2O3/c1-12(2,3)22-11(21)19-9(6-20)8-4-7(13(15,16)17)5-18-10(8)14/h4-6,9H,1-3H3,(H,19,21). The summed E-state index contributed by atoms with van der Waals surface area (Å²) >= 11 is 5.71. The van der Waals surface area contributed by atoms with Gasteiger partial charge in [0.05, 0.1) is 5.56 Å². The number of aromatic nitrogens is 1. The third kappa shape index (κ3) is 5.18. The number of nitrogens with zero attached hydrogens (tertiary/aromatic N) is 1. The SMILES string of the molecule is CC(C)(C)OC(=O)NC(C=O)c1cc(C(F)(F)F)cnc1Cl. The van der Waals surface area contributed by atoms with Gasteiger partial charge in [0.25, 0.3) is 0 Å². The number of hydrogen-bond donors (Lipinski definition) is 1. The third-order valence-electron chi connectivity index (χ3n) is 2.34. The summed E-state index contributed by atoms with van der Waals surface area (Å²) in [6.07, 6.45) is -4.82. The lowest BCUT2D eigenvalue weighted by atomic mass is 10.1. The first-order chi connectivity index (χ1) is 9.94. The van der Waals surface area contributed by atoms with E-state index in [9.17, 15) is 22.8 Å². The number of alkyl carbamates (subject to hydrolysis) is 1. The second kappa shape index (κ2) is 6.51. The van der Waals surface area contributed by atoms with Gasteiger partial charge in [-0.25, -0.2) is 9.78 Å². The summed E-state index contributed by atoms with van der Waals surface area (Å²) in [5, 5.41) is 1.82. The Morgan fingerprint density at radius 3 is 2.45 bits per heavy atom. The Kier molecular flexibility index (Phi) is 5.39. The molecule has 1 heterocycles. The van der Waals surface area contributed by atoms with Gasteiger partial charge in [0, 0.05) is 11.8 Å². The van der Waals surface area contributed by atoms with Crippen molar-refractivity contribution in [3.8, 4) is 0 Å². The van der Waals surface area contributed by atoms with Gasteiger partial charge >= 0.3 is 12.3 Å². The van der Waals surface area contributed by atoms with E-state index >= 15 is 0 Å². The fourth-order valence-electron chi connectivity index (χ4n) is 1.46. The highest BCUT2D eigenvalue weighted by Crippen LogP contribution is 2.32. The quantitative estimate of drug-likeness (QED) is 0.676. The number of amides is 1. The summed E-state index contributed by atoms with van der Waals surface area (Å²) in [4.78, 5) is 26.1. The highest BCUT2D eigenvalue weighted by molar-refractivity contribution is 6.30. The predicted molar refractivity (Wildman–Crippen MR) is 72.4 cm³/mol. The Balaban J connectivity index is 3.05. The lowest BCUT2D eigenvalue weighted by Gasteiger charge is -2.22. The van der Waals surface area contributed by atoms with E-state index in [-0.39, 0.29) is 17.0 Å². The maximum Gasteiger partial charge on any atom is 0.417 e. The molecule has 0 aliphatic rings. The van der Waals surface area contributed by atoms with Gasteiger partial charge in [0.1, 0.15) is 23.1 Å². The number of nitrogens with one attached hydrogen (secondary N) is 1. The molecule has 1 aromatic heterocycles. The van der Waals surface area contributed by atoms with Gasteiger partial charge in [-0.15, -0.1) is 0 Å². The maximum absolute atomic E-state index is 12.7. The fraction of sp³-hybridized carbons (Fsp3) is 0.462. The Labute approximate surface area is 129 Å². The minimum Gasteiger partial charge on any atom is -0.444 e. The van der Waals surface area contributed by atoms with Crippen molar-refractivity contribution in [3.05, 3.63) is 28.5 Å². The summed E-state index contributed by atoms with van der Waals surface area (Å²) in [7, 11) is 0. The first-order valence-electron chi connectivity index (χ1n) is 6.11. The number of aldehydes is 1. The molecule has 0 fully saturated rings. The molecule has 0 radical (unpaired) electrons. The average molecular weight is 339 g/mol. The molecule has 0 aromatic carbocycles. The van der Waals surface area contributed by atoms with E-state index in [2.05, 4.69) is 10.3 Å². The fourth-order valence-corrected chi connectivity index (χ4v) is 1.68. The summed E-state index contributed by atoms with van der Waals surface area (Å²) in [5.41, 5.74) is -2.17. The first-order valence-corrected chi connectivity index (χ1v) is 6.49. The molecule has 0 saturated heterocycles. The van der Waals surface area contributed by atoms with Crippen LogP contribution in [0.1, 0.15) is 37.9 Å². The van der Waals surface area contributed by atoms with E-state index in [0.717, 1.165) is 0 Å². The Morgan fingerprint density at radius 1 is 1.41 bits per heavy atom. The minimum absolute atomic E-state index is 0.243. The van der Waals surface area contributed by atoms with E-state index in [0.29, 0.717) is 12.3 Å². The predicted octanol–water partition coefficient (Wildman–Crippen LogP) is 3.52. The van der Waals surface area contributed by atoms with E-state index in [4.69, 9.17) is 16.3 Å². The van der Waals surface area contributed by atoms with Gasteiger partial charge in [-0.2, -0.15) is 13.2 Å². The number of ether oxygens (including phenoxy) is 1. The van der Waals surface area contributed by atoms with Gasteiger partial charge in [0.2, 0.25) is 0 Å². The molecule has 0 aliphatic carbocycles. The topological polar surface area (TPSA) is 68.3 Å². The Morgan fingerprint density at radius 2 is 2.00 bits per heavy atom. The molecule has 1 N–H and O–H groups in total. The van der Waals surface area contributed by atoms with Crippen LogP contribution in [0.3, 0.4) is 0 Å². The van der Waals surface area contributed by atoms with Crippen LogP contribution < -0.4 is 5.32 Å². The molecule has 0 spiro atoms. The van der Waals surface area contributed by atoms with Gasteiger partial charge in [-0.05, 0) is 26.8 Å². The molecule has 22 heavy (non-hydrogen) atoms. The third-order valence-corrected chi connectivity index (χ3v) is 2.65. The number of hydrogen-bond acceptors (Lipinski definition) is 4. The highest BCUT2D eigenvalue weighted by Gasteiger charge is 2.33. The lowest BCUT2D eigenvalue weighted by molar-refractivity contribution is -0.138. The second-order valence-electron chi connectivity index (χ2n) is 5.36. The molecule has 0 bridgehead atoms. The molecule has 0 saturated carbocycles. The van der Waals surface area contributed by atoms with Crippen molar-refractivity contribution in [3.63, 3.8) is 0 Å². The molecular weight excluding hydrogens is 325 g/mol. The molecular formula is C13H14ClF3N2O3. The van der Waals surface area contributed by atoms with Crippen molar-refractivity contribution in [1.82, 2.24) is 10.3 Å². The van der Waals surface area contributed by atoms with E-state index in [1.54, 1.807) is 20.8 Å². The molecule has 9 heteroatoms. The number of alkyl halides is 3. The number of carbonyl (C=O) groups excluding carboxylic acids is 2. The molecule has 0 aliphatic heterocycles. The summed E-state index contributed by atoms with van der Waals surface area (Å²) in [6, 6.07) is -0.747. The molecule has 5 nitrogen and oxygen atoms in total. The summed E-state index contributed by atoms with van der Waals surface area (Å²) in [5.74, 6) is 0. The van der Waals surface area contributed by atoms with Gasteiger partial charge in [-0.1, -0.05) is 11.6 Å². The zero-order valence-corrected chi connectivity index (χ0v) is 12.7. The van der Waals surface area contributed by atoms with Crippen molar-refractivity contribution in [1.29, 1.82) is 0 Å². The van der Waals surface area contributed by atoms with Crippen LogP contribution in [-0.4, -0.2) is 23.0 Å².